The first-order valence-electron chi connectivity index (χ1n) is 7.52. The molecule has 3 aromatic carbocycles. The SMILES string of the molecule is CC(Br)c1ccccc1-c1c(CCBr)ccc2ccccc12. The van der Waals surface area contributed by atoms with Gasteiger partial charge in [0.15, 0.2) is 0 Å². The zero-order valence-electron chi connectivity index (χ0n) is 12.5. The van der Waals surface area contributed by atoms with E-state index in [9.17, 15) is 0 Å². The number of benzene rings is 3. The van der Waals surface area contributed by atoms with Crippen LogP contribution < -0.4 is 0 Å². The van der Waals surface area contributed by atoms with Gasteiger partial charge in [0.1, 0.15) is 0 Å². The number of aryl methyl sites for hydroxylation is 1. The van der Waals surface area contributed by atoms with Crippen LogP contribution in [0.25, 0.3) is 21.9 Å². The van der Waals surface area contributed by atoms with Gasteiger partial charge in [-0.05, 0) is 46.4 Å². The minimum Gasteiger partial charge on any atom is -0.0924 e. The molecule has 0 nitrogen and oxygen atoms in total. The highest BCUT2D eigenvalue weighted by Crippen LogP contribution is 2.38. The van der Waals surface area contributed by atoms with Gasteiger partial charge in [0.2, 0.25) is 0 Å². The minimum absolute atomic E-state index is 0.333. The molecule has 0 N–H and O–H groups in total. The Kier molecular flexibility index (Phi) is 5.00. The fourth-order valence-electron chi connectivity index (χ4n) is 3.02. The summed E-state index contributed by atoms with van der Waals surface area (Å²) in [6.45, 7) is 2.19. The first-order chi connectivity index (χ1) is 10.7. The Hall–Kier alpha value is -1.12. The summed E-state index contributed by atoms with van der Waals surface area (Å²) in [6, 6.07) is 21.9. The molecule has 0 fully saturated rings. The second-order valence-electron chi connectivity index (χ2n) is 5.46. The van der Waals surface area contributed by atoms with Gasteiger partial charge >= 0.3 is 0 Å². The van der Waals surface area contributed by atoms with E-state index >= 15 is 0 Å². The molecular weight excluding hydrogens is 400 g/mol. The molecule has 2 heteroatoms. The van der Waals surface area contributed by atoms with E-state index in [0.717, 1.165) is 11.8 Å². The smallest absolute Gasteiger partial charge is 0.0373 e. The summed E-state index contributed by atoms with van der Waals surface area (Å²) < 4.78 is 0. The number of hydrogen-bond acceptors (Lipinski definition) is 0. The van der Waals surface area contributed by atoms with Crippen molar-refractivity contribution in [2.75, 3.05) is 5.33 Å². The fourth-order valence-corrected chi connectivity index (χ4v) is 3.84. The average molecular weight is 418 g/mol. The molecule has 0 aliphatic carbocycles. The highest BCUT2D eigenvalue weighted by Gasteiger charge is 2.15. The van der Waals surface area contributed by atoms with E-state index in [1.807, 2.05) is 0 Å². The lowest BCUT2D eigenvalue weighted by Gasteiger charge is -2.17. The second kappa shape index (κ2) is 6.97. The molecule has 1 unspecified atom stereocenters. The number of rotatable bonds is 4. The zero-order chi connectivity index (χ0) is 15.5. The van der Waals surface area contributed by atoms with E-state index < -0.39 is 0 Å². The van der Waals surface area contributed by atoms with Crippen LogP contribution >= 0.6 is 31.9 Å². The standard InChI is InChI=1S/C20H18Br2/c1-14(22)17-7-4-5-9-19(17)20-16(12-13-21)11-10-15-6-2-3-8-18(15)20/h2-11,14H,12-13H2,1H3. The van der Waals surface area contributed by atoms with E-state index in [1.54, 1.807) is 0 Å². The number of fused-ring (bicyclic) bond motifs is 1. The molecule has 0 aromatic heterocycles. The Morgan fingerprint density at radius 3 is 2.41 bits per heavy atom. The lowest BCUT2D eigenvalue weighted by atomic mass is 9.89. The average Bonchev–Trinajstić information content (AvgIpc) is 2.55. The quantitative estimate of drug-likeness (QED) is 0.405. The van der Waals surface area contributed by atoms with Crippen molar-refractivity contribution in [2.45, 2.75) is 18.2 Å². The van der Waals surface area contributed by atoms with Crippen LogP contribution in [0.15, 0.2) is 60.7 Å². The molecule has 0 heterocycles. The van der Waals surface area contributed by atoms with Crippen LogP contribution in [0.1, 0.15) is 22.9 Å². The molecule has 3 aromatic rings. The van der Waals surface area contributed by atoms with Crippen LogP contribution in [0, 0.1) is 0 Å². The highest BCUT2D eigenvalue weighted by molar-refractivity contribution is 9.09. The maximum absolute atomic E-state index is 3.75. The van der Waals surface area contributed by atoms with Crippen LogP contribution in [0.5, 0.6) is 0 Å². The predicted molar refractivity (Wildman–Crippen MR) is 104 cm³/mol. The lowest BCUT2D eigenvalue weighted by molar-refractivity contribution is 1.12. The third-order valence-electron chi connectivity index (χ3n) is 4.04. The van der Waals surface area contributed by atoms with Crippen LogP contribution in [-0.4, -0.2) is 5.33 Å². The highest BCUT2D eigenvalue weighted by atomic mass is 79.9. The van der Waals surface area contributed by atoms with Gasteiger partial charge < -0.3 is 0 Å². The number of alkyl halides is 2. The molecule has 0 amide bonds. The normalized spacial score (nSPS) is 12.5. The number of hydrogen-bond donors (Lipinski definition) is 0. The van der Waals surface area contributed by atoms with E-state index in [4.69, 9.17) is 0 Å². The maximum Gasteiger partial charge on any atom is 0.0373 e. The molecule has 3 rings (SSSR count). The molecule has 112 valence electrons. The second-order valence-corrected chi connectivity index (χ2v) is 7.63. The molecule has 0 aliphatic rings. The van der Waals surface area contributed by atoms with E-state index in [0.29, 0.717) is 4.83 Å². The van der Waals surface area contributed by atoms with Crippen LogP contribution in [-0.2, 0) is 6.42 Å². The van der Waals surface area contributed by atoms with E-state index in [2.05, 4.69) is 99.4 Å². The lowest BCUT2D eigenvalue weighted by Crippen LogP contribution is -1.97. The third kappa shape index (κ3) is 3.00. The minimum atomic E-state index is 0.333. The molecule has 0 radical (unpaired) electrons. The zero-order valence-corrected chi connectivity index (χ0v) is 15.7. The summed E-state index contributed by atoms with van der Waals surface area (Å²) in [5, 5.41) is 3.61. The van der Waals surface area contributed by atoms with Gasteiger partial charge in [0.05, 0.1) is 0 Å². The van der Waals surface area contributed by atoms with Gasteiger partial charge in [0.25, 0.3) is 0 Å². The van der Waals surface area contributed by atoms with Gasteiger partial charge in [-0.3, -0.25) is 0 Å². The van der Waals surface area contributed by atoms with Crippen molar-refractivity contribution in [1.29, 1.82) is 0 Å². The van der Waals surface area contributed by atoms with Gasteiger partial charge in [-0.25, -0.2) is 0 Å². The third-order valence-corrected chi connectivity index (χ3v) is 4.93. The van der Waals surface area contributed by atoms with Crippen molar-refractivity contribution in [3.05, 3.63) is 71.8 Å². The monoisotopic (exact) mass is 416 g/mol. The topological polar surface area (TPSA) is 0 Å². The Labute approximate surface area is 148 Å². The maximum atomic E-state index is 3.75. The first kappa shape index (κ1) is 15.8. The molecular formula is C20H18Br2. The Bertz CT molecular complexity index is 791. The van der Waals surface area contributed by atoms with Crippen molar-refractivity contribution < 1.29 is 0 Å². The Morgan fingerprint density at radius 2 is 1.64 bits per heavy atom. The molecule has 22 heavy (non-hydrogen) atoms. The van der Waals surface area contributed by atoms with Crippen molar-refractivity contribution >= 4 is 42.6 Å². The first-order valence-corrected chi connectivity index (χ1v) is 9.56. The van der Waals surface area contributed by atoms with Crippen molar-refractivity contribution in [3.8, 4) is 11.1 Å². The molecule has 0 aliphatic heterocycles. The van der Waals surface area contributed by atoms with Gasteiger partial charge in [-0.15, -0.1) is 0 Å². The fraction of sp³-hybridized carbons (Fsp3) is 0.200. The van der Waals surface area contributed by atoms with Crippen LogP contribution in [0.4, 0.5) is 0 Å². The Balaban J connectivity index is 2.35. The van der Waals surface area contributed by atoms with Crippen LogP contribution in [0.3, 0.4) is 0 Å². The molecule has 0 bridgehead atoms. The predicted octanol–water partition coefficient (Wildman–Crippen LogP) is 6.90. The molecule has 0 saturated heterocycles. The Morgan fingerprint density at radius 1 is 0.909 bits per heavy atom. The summed E-state index contributed by atoms with van der Waals surface area (Å²) in [5.74, 6) is 0. The number of halogens is 2. The van der Waals surface area contributed by atoms with Gasteiger partial charge in [0, 0.05) is 10.2 Å². The van der Waals surface area contributed by atoms with E-state index in [-0.39, 0.29) is 0 Å². The molecule has 0 saturated carbocycles. The largest absolute Gasteiger partial charge is 0.0924 e. The van der Waals surface area contributed by atoms with Crippen molar-refractivity contribution in [3.63, 3.8) is 0 Å². The van der Waals surface area contributed by atoms with E-state index in [1.165, 1.54) is 33.0 Å². The summed E-state index contributed by atoms with van der Waals surface area (Å²) in [5.41, 5.74) is 5.45. The summed E-state index contributed by atoms with van der Waals surface area (Å²) >= 11 is 7.34. The molecule has 1 atom stereocenters. The summed E-state index contributed by atoms with van der Waals surface area (Å²) in [4.78, 5) is 0.333. The van der Waals surface area contributed by atoms with Crippen LogP contribution in [0.2, 0.25) is 0 Å². The van der Waals surface area contributed by atoms with Gasteiger partial charge in [-0.1, -0.05) is 92.5 Å². The van der Waals surface area contributed by atoms with Crippen molar-refractivity contribution in [1.82, 2.24) is 0 Å². The van der Waals surface area contributed by atoms with Gasteiger partial charge in [-0.2, -0.15) is 0 Å². The summed E-state index contributed by atoms with van der Waals surface area (Å²) in [6.07, 6.45) is 1.03. The summed E-state index contributed by atoms with van der Waals surface area (Å²) in [7, 11) is 0. The molecule has 0 spiro atoms. The van der Waals surface area contributed by atoms with Crippen molar-refractivity contribution in [2.24, 2.45) is 0 Å².